The van der Waals surface area contributed by atoms with E-state index >= 15 is 0 Å². The van der Waals surface area contributed by atoms with Crippen LogP contribution in [-0.2, 0) is 19.1 Å². The van der Waals surface area contributed by atoms with Crippen molar-refractivity contribution in [3.05, 3.63) is 120 Å². The number of carbonyl (C=O) groups excluding carboxylic acids is 4. The molecule has 220 valence electrons. The lowest BCUT2D eigenvalue weighted by molar-refractivity contribution is -0.123. The van der Waals surface area contributed by atoms with E-state index in [1.54, 1.807) is 36.4 Å². The molecular formula is C36H30N2O6. The van der Waals surface area contributed by atoms with Crippen LogP contribution in [0.15, 0.2) is 109 Å². The predicted octanol–water partition coefficient (Wildman–Crippen LogP) is 6.20. The summed E-state index contributed by atoms with van der Waals surface area (Å²) in [6.07, 6.45) is 1.79. The fraction of sp³-hybridized carbons (Fsp3) is 0.222. The number of benzene rings is 4. The lowest BCUT2D eigenvalue weighted by Crippen LogP contribution is -2.33. The summed E-state index contributed by atoms with van der Waals surface area (Å²) in [7, 11) is 0. The Morgan fingerprint density at radius 2 is 1.43 bits per heavy atom. The lowest BCUT2D eigenvalue weighted by Gasteiger charge is -2.28. The summed E-state index contributed by atoms with van der Waals surface area (Å²) in [5, 5.41) is 2.69. The molecule has 1 N–H and O–H groups in total. The molecule has 2 saturated carbocycles. The Hall–Kier alpha value is -5.24. The Balaban J connectivity index is 0.969. The quantitative estimate of drug-likeness (QED) is 0.195. The molecule has 1 aliphatic heterocycles. The summed E-state index contributed by atoms with van der Waals surface area (Å²) >= 11 is 0. The molecule has 0 spiro atoms. The minimum Gasteiger partial charge on any atom is -0.457 e. The number of rotatable bonds is 8. The molecule has 0 radical (unpaired) electrons. The summed E-state index contributed by atoms with van der Waals surface area (Å²) in [4.78, 5) is 53.8. The maximum Gasteiger partial charge on any atom is 0.338 e. The second kappa shape index (κ2) is 11.4. The molecule has 0 aromatic heterocycles. The first kappa shape index (κ1) is 27.6. The summed E-state index contributed by atoms with van der Waals surface area (Å²) in [5.74, 6) is -0.383. The van der Waals surface area contributed by atoms with Gasteiger partial charge in [0, 0.05) is 5.69 Å². The number of ether oxygens (including phenoxy) is 2. The Morgan fingerprint density at radius 1 is 0.750 bits per heavy atom. The zero-order valence-corrected chi connectivity index (χ0v) is 23.8. The van der Waals surface area contributed by atoms with Crippen molar-refractivity contribution >= 4 is 35.1 Å². The van der Waals surface area contributed by atoms with E-state index in [-0.39, 0.29) is 47.0 Å². The number of anilines is 2. The lowest BCUT2D eigenvalue weighted by atomic mass is 9.73. The molecule has 3 amide bonds. The van der Waals surface area contributed by atoms with Crippen LogP contribution in [0.3, 0.4) is 0 Å². The average Bonchev–Trinajstić information content (AvgIpc) is 3.73. The number of para-hydroxylation sites is 1. The molecule has 4 aromatic carbocycles. The van der Waals surface area contributed by atoms with E-state index in [0.29, 0.717) is 22.9 Å². The Labute approximate surface area is 254 Å². The van der Waals surface area contributed by atoms with Gasteiger partial charge in [-0.1, -0.05) is 54.6 Å². The second-order valence-electron chi connectivity index (χ2n) is 11.6. The van der Waals surface area contributed by atoms with Gasteiger partial charge in [0.25, 0.3) is 5.91 Å². The fourth-order valence-electron chi connectivity index (χ4n) is 7.21. The number of hydrogen-bond donors (Lipinski definition) is 1. The number of carbonyl (C=O) groups is 4. The fourth-order valence-corrected chi connectivity index (χ4v) is 7.21. The van der Waals surface area contributed by atoms with Gasteiger partial charge in [-0.3, -0.25) is 19.3 Å². The maximum atomic E-state index is 13.7. The normalized spacial score (nSPS) is 23.4. The van der Waals surface area contributed by atoms with E-state index < -0.39 is 18.5 Å². The van der Waals surface area contributed by atoms with Crippen LogP contribution in [0.2, 0.25) is 0 Å². The monoisotopic (exact) mass is 586 g/mol. The van der Waals surface area contributed by atoms with Gasteiger partial charge >= 0.3 is 5.97 Å². The third-order valence-corrected chi connectivity index (χ3v) is 9.03. The van der Waals surface area contributed by atoms with E-state index in [4.69, 9.17) is 9.47 Å². The SMILES string of the molecule is O=C(COC(=O)c1cccc(N2C(=O)[C@@H]3[C@@H]4C[C@@H]([C@@H]3C2=O)[C@H](c2ccccc2)C4)c1)Nc1ccc(Oc2ccccc2)cc1. The third kappa shape index (κ3) is 5.13. The Bertz CT molecular complexity index is 1720. The van der Waals surface area contributed by atoms with Crippen LogP contribution in [0.25, 0.3) is 0 Å². The van der Waals surface area contributed by atoms with Gasteiger partial charge in [-0.05, 0) is 90.8 Å². The van der Waals surface area contributed by atoms with Crippen molar-refractivity contribution in [1.29, 1.82) is 0 Å². The molecule has 7 rings (SSSR count). The molecule has 44 heavy (non-hydrogen) atoms. The van der Waals surface area contributed by atoms with Gasteiger partial charge in [0.05, 0.1) is 23.1 Å². The van der Waals surface area contributed by atoms with Crippen molar-refractivity contribution in [2.75, 3.05) is 16.8 Å². The van der Waals surface area contributed by atoms with Gasteiger partial charge in [0.15, 0.2) is 6.61 Å². The van der Waals surface area contributed by atoms with E-state index in [2.05, 4.69) is 17.4 Å². The Kier molecular flexibility index (Phi) is 7.18. The van der Waals surface area contributed by atoms with Crippen LogP contribution in [-0.4, -0.2) is 30.3 Å². The van der Waals surface area contributed by atoms with Gasteiger partial charge < -0.3 is 14.8 Å². The van der Waals surface area contributed by atoms with Crippen LogP contribution in [0, 0.1) is 23.7 Å². The predicted molar refractivity (Wildman–Crippen MR) is 163 cm³/mol. The van der Waals surface area contributed by atoms with Gasteiger partial charge in [-0.15, -0.1) is 0 Å². The molecule has 3 fully saturated rings. The van der Waals surface area contributed by atoms with E-state index in [9.17, 15) is 19.2 Å². The minimum absolute atomic E-state index is 0.133. The zero-order valence-electron chi connectivity index (χ0n) is 23.8. The highest BCUT2D eigenvalue weighted by molar-refractivity contribution is 6.23. The van der Waals surface area contributed by atoms with Crippen LogP contribution < -0.4 is 15.0 Å². The topological polar surface area (TPSA) is 102 Å². The maximum absolute atomic E-state index is 13.7. The van der Waals surface area contributed by atoms with Crippen LogP contribution >= 0.6 is 0 Å². The highest BCUT2D eigenvalue weighted by Crippen LogP contribution is 2.61. The summed E-state index contributed by atoms with van der Waals surface area (Å²) in [5.41, 5.74) is 2.25. The van der Waals surface area contributed by atoms with Crippen LogP contribution in [0.1, 0.15) is 34.7 Å². The van der Waals surface area contributed by atoms with Gasteiger partial charge in [0.1, 0.15) is 11.5 Å². The van der Waals surface area contributed by atoms with Crippen LogP contribution in [0.4, 0.5) is 11.4 Å². The largest absolute Gasteiger partial charge is 0.457 e. The molecule has 4 aromatic rings. The molecular weight excluding hydrogens is 556 g/mol. The third-order valence-electron chi connectivity index (χ3n) is 9.03. The smallest absolute Gasteiger partial charge is 0.338 e. The summed E-state index contributed by atoms with van der Waals surface area (Å²) in [6, 6.07) is 32.7. The zero-order chi connectivity index (χ0) is 30.2. The second-order valence-corrected chi connectivity index (χ2v) is 11.6. The van der Waals surface area contributed by atoms with Gasteiger partial charge in [-0.2, -0.15) is 0 Å². The molecule has 8 heteroatoms. The number of fused-ring (bicyclic) bond motifs is 5. The molecule has 0 unspecified atom stereocenters. The number of amides is 3. The number of nitrogens with one attached hydrogen (secondary N) is 1. The molecule has 1 saturated heterocycles. The molecule has 8 nitrogen and oxygen atoms in total. The first-order valence-corrected chi connectivity index (χ1v) is 14.8. The molecule has 2 aliphatic carbocycles. The highest BCUT2D eigenvalue weighted by atomic mass is 16.5. The number of imide groups is 1. The van der Waals surface area contributed by atoms with Crippen LogP contribution in [0.5, 0.6) is 11.5 Å². The summed E-state index contributed by atoms with van der Waals surface area (Å²) in [6.45, 7) is -0.499. The summed E-state index contributed by atoms with van der Waals surface area (Å²) < 4.78 is 11.0. The first-order valence-electron chi connectivity index (χ1n) is 14.8. The average molecular weight is 587 g/mol. The van der Waals surface area contributed by atoms with Gasteiger partial charge in [0.2, 0.25) is 11.8 Å². The molecule has 1 heterocycles. The standard InChI is InChI=1S/C36H30N2O6/c39-31(37-25-14-16-28(17-15-25)44-27-12-5-2-6-13-27)21-43-36(42)23-10-7-11-26(18-23)38-34(40)32-24-19-29(22-8-3-1-4-9-22)30(20-24)33(32)35(38)41/h1-18,24,29-30,32-33H,19-21H2,(H,37,39)/t24-,29-,30+,32+,33-/m0/s1. The van der Waals surface area contributed by atoms with Gasteiger partial charge in [-0.25, -0.2) is 4.79 Å². The van der Waals surface area contributed by atoms with E-state index in [0.717, 1.165) is 12.8 Å². The van der Waals surface area contributed by atoms with Crippen molar-refractivity contribution in [2.45, 2.75) is 18.8 Å². The number of nitrogens with zero attached hydrogens (tertiary/aromatic N) is 1. The van der Waals surface area contributed by atoms with Crippen molar-refractivity contribution in [3.8, 4) is 11.5 Å². The number of hydrogen-bond acceptors (Lipinski definition) is 6. The van der Waals surface area contributed by atoms with Crippen molar-refractivity contribution < 1.29 is 28.7 Å². The first-order chi connectivity index (χ1) is 21.5. The molecule has 3 aliphatic rings. The highest BCUT2D eigenvalue weighted by Gasteiger charge is 2.64. The molecule has 5 atom stereocenters. The molecule has 2 bridgehead atoms. The van der Waals surface area contributed by atoms with Crippen molar-refractivity contribution in [1.82, 2.24) is 0 Å². The van der Waals surface area contributed by atoms with E-state index in [1.807, 2.05) is 48.5 Å². The van der Waals surface area contributed by atoms with Crippen molar-refractivity contribution in [3.63, 3.8) is 0 Å². The number of esters is 1. The Morgan fingerprint density at radius 3 is 2.18 bits per heavy atom. The van der Waals surface area contributed by atoms with E-state index in [1.165, 1.54) is 22.6 Å². The minimum atomic E-state index is -0.725. The van der Waals surface area contributed by atoms with Crippen molar-refractivity contribution in [2.24, 2.45) is 23.7 Å².